The largest absolute Gasteiger partial charge is 0.497 e. The van der Waals surface area contributed by atoms with Gasteiger partial charge in [0, 0.05) is 29.4 Å². The Hall–Kier alpha value is -2.39. The monoisotopic (exact) mass is 367 g/mol. The van der Waals surface area contributed by atoms with Gasteiger partial charge in [0.25, 0.3) is 5.56 Å². The van der Waals surface area contributed by atoms with Gasteiger partial charge < -0.3 is 15.0 Å². The van der Waals surface area contributed by atoms with Crippen LogP contribution in [0.2, 0.25) is 0 Å². The number of carbonyl (C=O) groups is 1. The van der Waals surface area contributed by atoms with Gasteiger partial charge in [-0.1, -0.05) is 0 Å². The normalized spacial score (nSPS) is 11.4. The first kappa shape index (κ1) is 18.9. The van der Waals surface area contributed by atoms with Gasteiger partial charge in [0.05, 0.1) is 12.9 Å². The number of hydrogen-bond donors (Lipinski definition) is 3. The minimum atomic E-state index is -3.35. The van der Waals surface area contributed by atoms with Crippen LogP contribution in [0, 0.1) is 0 Å². The fraction of sp³-hybridized carbons (Fsp3) is 0.375. The van der Waals surface area contributed by atoms with Gasteiger partial charge in [-0.05, 0) is 37.7 Å². The van der Waals surface area contributed by atoms with Crippen molar-refractivity contribution in [1.82, 2.24) is 15.0 Å². The summed E-state index contributed by atoms with van der Waals surface area (Å²) in [6.45, 7) is 0.0211. The zero-order valence-corrected chi connectivity index (χ0v) is 14.9. The molecule has 0 aliphatic carbocycles. The molecule has 0 bridgehead atoms. The maximum atomic E-state index is 12.1. The second-order valence-electron chi connectivity index (χ2n) is 5.45. The van der Waals surface area contributed by atoms with Crippen molar-refractivity contribution >= 4 is 26.8 Å². The lowest BCUT2D eigenvalue weighted by atomic mass is 10.1. The fourth-order valence-corrected chi connectivity index (χ4v) is 2.88. The molecule has 3 N–H and O–H groups in total. The molecule has 0 saturated carbocycles. The van der Waals surface area contributed by atoms with E-state index < -0.39 is 10.0 Å². The molecule has 0 aliphatic rings. The molecule has 1 heterocycles. The molecule has 0 saturated heterocycles. The van der Waals surface area contributed by atoms with Crippen molar-refractivity contribution in [3.05, 3.63) is 40.2 Å². The summed E-state index contributed by atoms with van der Waals surface area (Å²) < 4.78 is 29.9. The van der Waals surface area contributed by atoms with E-state index in [2.05, 4.69) is 15.0 Å². The fourth-order valence-electron chi connectivity index (χ4n) is 2.31. The predicted molar refractivity (Wildman–Crippen MR) is 95.3 cm³/mol. The molecule has 2 rings (SSSR count). The average molecular weight is 367 g/mol. The minimum Gasteiger partial charge on any atom is -0.497 e. The summed E-state index contributed by atoms with van der Waals surface area (Å²) in [5.74, 6) is 0.177. The van der Waals surface area contributed by atoms with Crippen LogP contribution in [0.25, 0.3) is 10.9 Å². The molecule has 1 aromatic heterocycles. The van der Waals surface area contributed by atoms with Gasteiger partial charge in [0.15, 0.2) is 0 Å². The second kappa shape index (κ2) is 8.13. The predicted octanol–water partition coefficient (Wildman–Crippen LogP) is 0.135. The zero-order chi connectivity index (χ0) is 18.4. The lowest BCUT2D eigenvalue weighted by Crippen LogP contribution is -2.33. The van der Waals surface area contributed by atoms with Crippen LogP contribution in [-0.2, 0) is 21.2 Å². The summed E-state index contributed by atoms with van der Waals surface area (Å²) in [5.41, 5.74) is 0.929. The van der Waals surface area contributed by atoms with Crippen molar-refractivity contribution in [3.8, 4) is 5.75 Å². The van der Waals surface area contributed by atoms with Crippen molar-refractivity contribution in [1.29, 1.82) is 0 Å². The Bertz CT molecular complexity index is 921. The zero-order valence-electron chi connectivity index (χ0n) is 14.1. The van der Waals surface area contributed by atoms with Gasteiger partial charge in [0.1, 0.15) is 5.75 Å². The molecule has 1 amide bonds. The summed E-state index contributed by atoms with van der Waals surface area (Å²) in [6, 6.07) is 7.05. The second-order valence-corrected chi connectivity index (χ2v) is 7.50. The van der Waals surface area contributed by atoms with Crippen molar-refractivity contribution in [2.75, 3.05) is 26.5 Å². The van der Waals surface area contributed by atoms with Gasteiger partial charge in [0.2, 0.25) is 15.9 Å². The quantitative estimate of drug-likeness (QED) is 0.613. The highest BCUT2D eigenvalue weighted by molar-refractivity contribution is 7.89. The molecule has 8 nitrogen and oxygen atoms in total. The van der Waals surface area contributed by atoms with E-state index in [4.69, 9.17) is 4.74 Å². The van der Waals surface area contributed by atoms with E-state index >= 15 is 0 Å². The van der Waals surface area contributed by atoms with Crippen LogP contribution >= 0.6 is 0 Å². The van der Waals surface area contributed by atoms with E-state index in [1.807, 2.05) is 0 Å². The van der Waals surface area contributed by atoms with E-state index in [-0.39, 0.29) is 36.6 Å². The molecule has 0 fully saturated rings. The Balaban J connectivity index is 1.99. The molecule has 9 heteroatoms. The smallest absolute Gasteiger partial charge is 0.251 e. The number of amides is 1. The first-order chi connectivity index (χ1) is 11.8. The Kier molecular flexibility index (Phi) is 6.16. The number of aryl methyl sites for hydroxylation is 1. The SMILES string of the molecule is CNS(=O)(=O)CCNC(=O)CCc1cc2cc(OC)ccc2[nH]c1=O. The summed E-state index contributed by atoms with van der Waals surface area (Å²) in [6.07, 6.45) is 0.352. The van der Waals surface area contributed by atoms with E-state index in [9.17, 15) is 18.0 Å². The standard InChI is InChI=1S/C16H21N3O5S/c1-17-25(22,23)8-7-18-15(20)6-3-11-9-12-10-13(24-2)4-5-14(12)19-16(11)21/h4-5,9-10,17H,3,6-8H2,1-2H3,(H,18,20)(H,19,21). The summed E-state index contributed by atoms with van der Waals surface area (Å²) >= 11 is 0. The molecule has 0 radical (unpaired) electrons. The summed E-state index contributed by atoms with van der Waals surface area (Å²) in [5, 5.41) is 3.34. The number of carbonyl (C=O) groups excluding carboxylic acids is 1. The molecular weight excluding hydrogens is 346 g/mol. The number of ether oxygens (including phenoxy) is 1. The molecule has 136 valence electrons. The lowest BCUT2D eigenvalue weighted by molar-refractivity contribution is -0.120. The van der Waals surface area contributed by atoms with Gasteiger partial charge in [-0.25, -0.2) is 13.1 Å². The molecular formula is C16H21N3O5S. The van der Waals surface area contributed by atoms with Gasteiger partial charge >= 0.3 is 0 Å². The number of sulfonamides is 1. The minimum absolute atomic E-state index is 0.0211. The van der Waals surface area contributed by atoms with Crippen molar-refractivity contribution in [2.24, 2.45) is 0 Å². The number of rotatable bonds is 8. The van der Waals surface area contributed by atoms with Crippen LogP contribution in [0.4, 0.5) is 0 Å². The average Bonchev–Trinajstić information content (AvgIpc) is 2.59. The van der Waals surface area contributed by atoms with E-state index in [0.29, 0.717) is 16.8 Å². The summed E-state index contributed by atoms with van der Waals surface area (Å²) in [4.78, 5) is 26.7. The van der Waals surface area contributed by atoms with Crippen LogP contribution in [0.1, 0.15) is 12.0 Å². The van der Waals surface area contributed by atoms with Gasteiger partial charge in [-0.15, -0.1) is 0 Å². The molecule has 0 spiro atoms. The number of nitrogens with one attached hydrogen (secondary N) is 3. The molecule has 2 aromatic rings. The molecule has 1 aromatic carbocycles. The number of aromatic nitrogens is 1. The maximum Gasteiger partial charge on any atom is 0.251 e. The third-order valence-corrected chi connectivity index (χ3v) is 5.12. The third kappa shape index (κ3) is 5.30. The van der Waals surface area contributed by atoms with Crippen LogP contribution in [-0.4, -0.2) is 45.8 Å². The Morgan fingerprint density at radius 3 is 2.72 bits per heavy atom. The van der Waals surface area contributed by atoms with Crippen LogP contribution in [0.5, 0.6) is 5.75 Å². The Labute approximate surface area is 145 Å². The van der Waals surface area contributed by atoms with E-state index in [0.717, 1.165) is 5.39 Å². The maximum absolute atomic E-state index is 12.1. The molecule has 0 unspecified atom stereocenters. The first-order valence-corrected chi connectivity index (χ1v) is 9.38. The highest BCUT2D eigenvalue weighted by atomic mass is 32.2. The summed E-state index contributed by atoms with van der Waals surface area (Å²) in [7, 11) is -0.472. The molecule has 25 heavy (non-hydrogen) atoms. The molecule has 0 aliphatic heterocycles. The van der Waals surface area contributed by atoms with Crippen molar-refractivity contribution in [3.63, 3.8) is 0 Å². The van der Waals surface area contributed by atoms with Gasteiger partial charge in [-0.2, -0.15) is 0 Å². The lowest BCUT2D eigenvalue weighted by Gasteiger charge is -2.07. The Morgan fingerprint density at radius 2 is 2.04 bits per heavy atom. The van der Waals surface area contributed by atoms with Crippen molar-refractivity contribution in [2.45, 2.75) is 12.8 Å². The third-order valence-electron chi connectivity index (χ3n) is 3.75. The number of fused-ring (bicyclic) bond motifs is 1. The van der Waals surface area contributed by atoms with Crippen LogP contribution in [0.15, 0.2) is 29.1 Å². The van der Waals surface area contributed by atoms with Crippen LogP contribution < -0.4 is 20.3 Å². The van der Waals surface area contributed by atoms with Crippen molar-refractivity contribution < 1.29 is 17.9 Å². The highest BCUT2D eigenvalue weighted by Gasteiger charge is 2.10. The number of aromatic amines is 1. The number of pyridine rings is 1. The Morgan fingerprint density at radius 1 is 1.28 bits per heavy atom. The van der Waals surface area contributed by atoms with E-state index in [1.54, 1.807) is 31.4 Å². The highest BCUT2D eigenvalue weighted by Crippen LogP contribution is 2.19. The number of H-pyrrole nitrogens is 1. The molecule has 0 atom stereocenters. The van der Waals surface area contributed by atoms with Crippen LogP contribution in [0.3, 0.4) is 0 Å². The number of methoxy groups -OCH3 is 1. The van der Waals surface area contributed by atoms with E-state index in [1.165, 1.54) is 7.05 Å². The topological polar surface area (TPSA) is 117 Å². The number of hydrogen-bond acceptors (Lipinski definition) is 5. The number of benzene rings is 1. The first-order valence-electron chi connectivity index (χ1n) is 7.72. The van der Waals surface area contributed by atoms with Gasteiger partial charge in [-0.3, -0.25) is 9.59 Å².